The van der Waals surface area contributed by atoms with Crippen molar-refractivity contribution >= 4 is 5.91 Å². The Morgan fingerprint density at radius 1 is 1.11 bits per heavy atom. The van der Waals surface area contributed by atoms with Crippen molar-refractivity contribution in [2.24, 2.45) is 0 Å². The molecular weight excluding hydrogens is 340 g/mol. The molecule has 27 heavy (non-hydrogen) atoms. The van der Waals surface area contributed by atoms with Crippen LogP contribution < -0.4 is 15.0 Å². The molecule has 5 heteroatoms. The van der Waals surface area contributed by atoms with Crippen molar-refractivity contribution in [3.8, 4) is 5.75 Å². The maximum Gasteiger partial charge on any atom is 0.258 e. The molecule has 1 heterocycles. The molecule has 5 nitrogen and oxygen atoms in total. The Labute approximate surface area is 161 Å². The van der Waals surface area contributed by atoms with E-state index < -0.39 is 0 Å². The molecule has 1 atom stereocenters. The van der Waals surface area contributed by atoms with Gasteiger partial charge in [-0.3, -0.25) is 4.79 Å². The number of ether oxygens (including phenoxy) is 2. The molecule has 144 valence electrons. The topological polar surface area (TPSA) is 52.0 Å². The summed E-state index contributed by atoms with van der Waals surface area (Å²) in [5, 5.41) is 3.16. The smallest absolute Gasteiger partial charge is 0.258 e. The van der Waals surface area contributed by atoms with Crippen LogP contribution in [0.1, 0.15) is 22.7 Å². The number of carbonyl (C=O) groups is 1. The first-order valence-corrected chi connectivity index (χ1v) is 9.57. The average Bonchev–Trinajstić information content (AvgIpc) is 2.67. The van der Waals surface area contributed by atoms with E-state index in [1.54, 1.807) is 0 Å². The van der Waals surface area contributed by atoms with Gasteiger partial charge in [0, 0.05) is 0 Å². The van der Waals surface area contributed by atoms with E-state index in [9.17, 15) is 4.79 Å². The first kappa shape index (κ1) is 19.4. The lowest BCUT2D eigenvalue weighted by Crippen LogP contribution is -3.14. The zero-order valence-electron chi connectivity index (χ0n) is 16.2. The van der Waals surface area contributed by atoms with Crippen LogP contribution in [0.5, 0.6) is 5.75 Å². The Bertz CT molecular complexity index is 739. The first-order chi connectivity index (χ1) is 13.1. The molecule has 1 aliphatic rings. The highest BCUT2D eigenvalue weighted by atomic mass is 16.5. The Balaban J connectivity index is 1.62. The van der Waals surface area contributed by atoms with Gasteiger partial charge >= 0.3 is 0 Å². The standard InChI is InChI=1S/C22H28N2O3/c1-17-6-8-19(9-7-17)21(15-24-10-12-26-13-11-24)23-22(25)16-27-20-5-3-4-18(2)14-20/h3-9,14,21H,10-13,15-16H2,1-2H3,(H,23,25)/p+1/t21-/m1/s1. The van der Waals surface area contributed by atoms with Gasteiger partial charge in [-0.05, 0) is 37.1 Å². The number of carbonyl (C=O) groups excluding carboxylic acids is 1. The van der Waals surface area contributed by atoms with Gasteiger partial charge in [0.1, 0.15) is 31.4 Å². The summed E-state index contributed by atoms with van der Waals surface area (Å²) in [5.41, 5.74) is 3.45. The van der Waals surface area contributed by atoms with Crippen LogP contribution in [-0.4, -0.2) is 45.4 Å². The molecule has 1 amide bonds. The normalized spacial score (nSPS) is 15.9. The summed E-state index contributed by atoms with van der Waals surface area (Å²) in [6.07, 6.45) is 0. The first-order valence-electron chi connectivity index (χ1n) is 9.57. The Morgan fingerprint density at radius 2 is 1.85 bits per heavy atom. The summed E-state index contributed by atoms with van der Waals surface area (Å²) in [6.45, 7) is 8.44. The van der Waals surface area contributed by atoms with Crippen LogP contribution in [0.15, 0.2) is 48.5 Å². The predicted octanol–water partition coefficient (Wildman–Crippen LogP) is 1.45. The highest BCUT2D eigenvalue weighted by Crippen LogP contribution is 2.14. The van der Waals surface area contributed by atoms with E-state index in [0.717, 1.165) is 49.7 Å². The van der Waals surface area contributed by atoms with Crippen molar-refractivity contribution in [1.82, 2.24) is 5.32 Å². The van der Waals surface area contributed by atoms with Gasteiger partial charge < -0.3 is 19.7 Å². The average molecular weight is 369 g/mol. The minimum absolute atomic E-state index is 0.0181. The van der Waals surface area contributed by atoms with Crippen LogP contribution in [0, 0.1) is 13.8 Å². The molecule has 2 aromatic carbocycles. The Hall–Kier alpha value is -2.37. The van der Waals surface area contributed by atoms with E-state index in [-0.39, 0.29) is 18.6 Å². The molecule has 0 radical (unpaired) electrons. The molecule has 3 rings (SSSR count). The third-order valence-corrected chi connectivity index (χ3v) is 4.87. The van der Waals surface area contributed by atoms with Crippen molar-refractivity contribution in [2.75, 3.05) is 39.5 Å². The van der Waals surface area contributed by atoms with Crippen LogP contribution >= 0.6 is 0 Å². The number of benzene rings is 2. The fourth-order valence-corrected chi connectivity index (χ4v) is 3.29. The molecular formula is C22H29N2O3+. The monoisotopic (exact) mass is 369 g/mol. The number of morpholine rings is 1. The zero-order chi connectivity index (χ0) is 19.1. The van der Waals surface area contributed by atoms with E-state index >= 15 is 0 Å². The summed E-state index contributed by atoms with van der Waals surface area (Å²) in [7, 11) is 0. The third-order valence-electron chi connectivity index (χ3n) is 4.87. The number of aryl methyl sites for hydroxylation is 2. The fraction of sp³-hybridized carbons (Fsp3) is 0.409. The van der Waals surface area contributed by atoms with E-state index in [4.69, 9.17) is 9.47 Å². The van der Waals surface area contributed by atoms with Gasteiger partial charge in [0.2, 0.25) is 0 Å². The molecule has 0 bridgehead atoms. The SMILES string of the molecule is Cc1ccc([C@@H](C[NH+]2CCOCC2)NC(=O)COc2cccc(C)c2)cc1. The number of quaternary nitrogens is 1. The highest BCUT2D eigenvalue weighted by Gasteiger charge is 2.23. The molecule has 0 aliphatic carbocycles. The molecule has 1 aliphatic heterocycles. The lowest BCUT2D eigenvalue weighted by Gasteiger charge is -2.28. The summed E-state index contributed by atoms with van der Waals surface area (Å²) in [6, 6.07) is 16.1. The molecule has 1 saturated heterocycles. The minimum atomic E-state index is -0.102. The Morgan fingerprint density at radius 3 is 2.56 bits per heavy atom. The van der Waals surface area contributed by atoms with Crippen LogP contribution in [0.2, 0.25) is 0 Å². The van der Waals surface area contributed by atoms with Gasteiger partial charge in [-0.1, -0.05) is 42.0 Å². The Kier molecular flexibility index (Phi) is 6.85. The second kappa shape index (κ2) is 9.53. The van der Waals surface area contributed by atoms with Gasteiger partial charge in [-0.25, -0.2) is 0 Å². The number of hydrogen-bond donors (Lipinski definition) is 2. The quantitative estimate of drug-likeness (QED) is 0.777. The van der Waals surface area contributed by atoms with Crippen LogP contribution in [0.4, 0.5) is 0 Å². The third kappa shape index (κ3) is 6.08. The van der Waals surface area contributed by atoms with E-state index in [0.29, 0.717) is 0 Å². The zero-order valence-corrected chi connectivity index (χ0v) is 16.2. The molecule has 0 saturated carbocycles. The van der Waals surface area contributed by atoms with Crippen molar-refractivity contribution in [2.45, 2.75) is 19.9 Å². The maximum atomic E-state index is 12.5. The highest BCUT2D eigenvalue weighted by molar-refractivity contribution is 5.78. The molecule has 1 fully saturated rings. The van der Waals surface area contributed by atoms with Gasteiger partial charge in [-0.2, -0.15) is 0 Å². The van der Waals surface area contributed by atoms with Crippen LogP contribution in [-0.2, 0) is 9.53 Å². The number of rotatable bonds is 7. The van der Waals surface area contributed by atoms with Gasteiger partial charge in [0.15, 0.2) is 6.61 Å². The number of nitrogens with one attached hydrogen (secondary N) is 2. The molecule has 0 spiro atoms. The van der Waals surface area contributed by atoms with E-state index in [2.05, 4.69) is 36.5 Å². The molecule has 0 unspecified atom stereocenters. The van der Waals surface area contributed by atoms with Gasteiger partial charge in [-0.15, -0.1) is 0 Å². The summed E-state index contributed by atoms with van der Waals surface area (Å²) < 4.78 is 11.1. The molecule has 0 aromatic heterocycles. The summed E-state index contributed by atoms with van der Waals surface area (Å²) in [4.78, 5) is 14.0. The summed E-state index contributed by atoms with van der Waals surface area (Å²) >= 11 is 0. The molecule has 2 aromatic rings. The summed E-state index contributed by atoms with van der Waals surface area (Å²) in [5.74, 6) is 0.616. The second-order valence-corrected chi connectivity index (χ2v) is 7.20. The van der Waals surface area contributed by atoms with E-state index in [1.165, 1.54) is 10.5 Å². The predicted molar refractivity (Wildman–Crippen MR) is 105 cm³/mol. The van der Waals surface area contributed by atoms with Gasteiger partial charge in [0.25, 0.3) is 5.91 Å². The van der Waals surface area contributed by atoms with Crippen molar-refractivity contribution in [1.29, 1.82) is 0 Å². The van der Waals surface area contributed by atoms with Crippen LogP contribution in [0.3, 0.4) is 0 Å². The number of hydrogen-bond acceptors (Lipinski definition) is 3. The van der Waals surface area contributed by atoms with Crippen molar-refractivity contribution < 1.29 is 19.2 Å². The van der Waals surface area contributed by atoms with Crippen molar-refractivity contribution in [3.05, 3.63) is 65.2 Å². The van der Waals surface area contributed by atoms with Gasteiger partial charge in [0.05, 0.1) is 13.2 Å². The lowest BCUT2D eigenvalue weighted by molar-refractivity contribution is -0.909. The second-order valence-electron chi connectivity index (χ2n) is 7.20. The lowest BCUT2D eigenvalue weighted by atomic mass is 10.0. The van der Waals surface area contributed by atoms with E-state index in [1.807, 2.05) is 31.2 Å². The van der Waals surface area contributed by atoms with Crippen LogP contribution in [0.25, 0.3) is 0 Å². The molecule has 2 N–H and O–H groups in total. The minimum Gasteiger partial charge on any atom is -0.484 e. The maximum absolute atomic E-state index is 12.5. The fourth-order valence-electron chi connectivity index (χ4n) is 3.29. The van der Waals surface area contributed by atoms with Crippen molar-refractivity contribution in [3.63, 3.8) is 0 Å². The number of amides is 1. The largest absolute Gasteiger partial charge is 0.484 e.